The van der Waals surface area contributed by atoms with Crippen LogP contribution in [-0.4, -0.2) is 104 Å². The maximum Gasteiger partial charge on any atom is 0.325 e. The molecule has 3 N–H and O–H groups in total. The Bertz CT molecular complexity index is 962. The smallest absolute Gasteiger partial charge is 0.325 e. The minimum atomic E-state index is -1.47. The fourth-order valence-corrected chi connectivity index (χ4v) is 3.45. The first-order valence-corrected chi connectivity index (χ1v) is 12.3. The van der Waals surface area contributed by atoms with Crippen LogP contribution in [0.3, 0.4) is 0 Å². The quantitative estimate of drug-likeness (QED) is 0.174. The molecule has 0 aromatic carbocycles. The third-order valence-corrected chi connectivity index (χ3v) is 4.72. The molecule has 0 aromatic rings. The summed E-state index contributed by atoms with van der Waals surface area (Å²) in [5.41, 5.74) is -0.715. The molecule has 2 amide bonds. The zero-order valence-electron chi connectivity index (χ0n) is 23.5. The molecule has 0 saturated carbocycles. The Morgan fingerprint density at radius 3 is 1.75 bits per heavy atom. The van der Waals surface area contributed by atoms with Gasteiger partial charge in [-0.2, -0.15) is 0 Å². The molecule has 1 rings (SSSR count). The van der Waals surface area contributed by atoms with Crippen molar-refractivity contribution in [2.24, 2.45) is 0 Å². The third kappa shape index (κ3) is 13.3. The number of carbonyl (C=O) groups excluding carboxylic acids is 7. The molecule has 5 atom stereocenters. The maximum absolute atomic E-state index is 12.6. The van der Waals surface area contributed by atoms with Gasteiger partial charge in [0.1, 0.15) is 24.9 Å². The van der Waals surface area contributed by atoms with Gasteiger partial charge in [0.05, 0.1) is 13.1 Å². The molecule has 16 heteroatoms. The lowest BCUT2D eigenvalue weighted by molar-refractivity contribution is -0.256. The number of carbonyl (C=O) groups is 7. The summed E-state index contributed by atoms with van der Waals surface area (Å²) in [5.74, 6) is -5.10. The van der Waals surface area contributed by atoms with Gasteiger partial charge in [-0.1, -0.05) is 0 Å². The molecule has 1 saturated heterocycles. The first-order valence-electron chi connectivity index (χ1n) is 12.3. The summed E-state index contributed by atoms with van der Waals surface area (Å²) in [7, 11) is 0. The minimum absolute atomic E-state index is 0.339. The number of hydrogen-bond acceptors (Lipinski definition) is 14. The Kier molecular flexibility index (Phi) is 13.4. The molecule has 0 unspecified atom stereocenters. The summed E-state index contributed by atoms with van der Waals surface area (Å²) in [6.45, 7) is 7.79. The van der Waals surface area contributed by atoms with E-state index in [-0.39, 0.29) is 13.1 Å². The van der Waals surface area contributed by atoms with Crippen LogP contribution >= 0.6 is 0 Å². The second-order valence-corrected chi connectivity index (χ2v) is 9.65. The molecule has 40 heavy (non-hydrogen) atoms. The molecule has 16 nitrogen and oxygen atoms in total. The van der Waals surface area contributed by atoms with Crippen LogP contribution < -0.4 is 16.0 Å². The van der Waals surface area contributed by atoms with Crippen LogP contribution in [0.4, 0.5) is 0 Å². The van der Waals surface area contributed by atoms with Gasteiger partial charge in [-0.25, -0.2) is 0 Å². The Hall–Kier alpha value is -3.79. The Labute approximate surface area is 231 Å². The van der Waals surface area contributed by atoms with Crippen LogP contribution in [0, 0.1) is 0 Å². The minimum Gasteiger partial charge on any atom is -0.463 e. The van der Waals surface area contributed by atoms with Gasteiger partial charge in [-0.3, -0.25) is 38.9 Å². The van der Waals surface area contributed by atoms with Gasteiger partial charge in [0.15, 0.2) is 24.5 Å². The van der Waals surface area contributed by atoms with E-state index in [0.29, 0.717) is 0 Å². The number of esters is 5. The monoisotopic (exact) mass is 575 g/mol. The van der Waals surface area contributed by atoms with Crippen molar-refractivity contribution in [3.63, 3.8) is 0 Å². The topological polar surface area (TPSA) is 211 Å². The summed E-state index contributed by atoms with van der Waals surface area (Å²) in [6, 6.07) is 0. The highest BCUT2D eigenvalue weighted by Gasteiger charge is 2.52. The van der Waals surface area contributed by atoms with Crippen molar-refractivity contribution in [2.45, 2.75) is 84.7 Å². The molecule has 1 fully saturated rings. The van der Waals surface area contributed by atoms with Gasteiger partial charge in [0, 0.05) is 27.7 Å². The van der Waals surface area contributed by atoms with E-state index in [1.165, 1.54) is 0 Å². The largest absolute Gasteiger partial charge is 0.463 e. The lowest BCUT2D eigenvalue weighted by Gasteiger charge is -2.44. The normalized spacial score (nSPS) is 22.2. The highest BCUT2D eigenvalue weighted by Crippen LogP contribution is 2.28. The zero-order chi connectivity index (χ0) is 30.6. The van der Waals surface area contributed by atoms with E-state index in [1.807, 2.05) is 0 Å². The van der Waals surface area contributed by atoms with Crippen molar-refractivity contribution in [3.05, 3.63) is 0 Å². The molecule has 0 spiro atoms. The van der Waals surface area contributed by atoms with Gasteiger partial charge in [0.25, 0.3) is 0 Å². The summed E-state index contributed by atoms with van der Waals surface area (Å²) in [4.78, 5) is 83.1. The number of nitrogens with one attached hydrogen (secondary N) is 3. The second kappa shape index (κ2) is 15.7. The Morgan fingerprint density at radius 1 is 0.700 bits per heavy atom. The van der Waals surface area contributed by atoms with Gasteiger partial charge in [-0.05, 0) is 20.8 Å². The fraction of sp³-hybridized carbons (Fsp3) is 0.708. The molecular weight excluding hydrogens is 538 g/mol. The predicted molar refractivity (Wildman–Crippen MR) is 132 cm³/mol. The number of ether oxygens (including phenoxy) is 6. The lowest BCUT2D eigenvalue weighted by atomic mass is 9.97. The van der Waals surface area contributed by atoms with Crippen molar-refractivity contribution in [1.82, 2.24) is 16.0 Å². The highest BCUT2D eigenvalue weighted by atomic mass is 16.7. The number of amides is 2. The summed E-state index contributed by atoms with van der Waals surface area (Å²) in [5, 5.41) is 7.35. The Balaban J connectivity index is 2.93. The first-order chi connectivity index (χ1) is 18.5. The molecular formula is C24H37N3O13. The van der Waals surface area contributed by atoms with E-state index in [4.69, 9.17) is 28.4 Å². The van der Waals surface area contributed by atoms with Crippen LogP contribution in [0.15, 0.2) is 0 Å². The van der Waals surface area contributed by atoms with Crippen molar-refractivity contribution >= 4 is 41.7 Å². The average molecular weight is 576 g/mol. The van der Waals surface area contributed by atoms with E-state index in [1.54, 1.807) is 20.8 Å². The van der Waals surface area contributed by atoms with Gasteiger partial charge in [0.2, 0.25) is 11.8 Å². The second-order valence-electron chi connectivity index (χ2n) is 9.65. The van der Waals surface area contributed by atoms with Crippen LogP contribution in [0.25, 0.3) is 0 Å². The third-order valence-electron chi connectivity index (χ3n) is 4.72. The molecule has 226 valence electrons. The van der Waals surface area contributed by atoms with Crippen molar-refractivity contribution < 1.29 is 62.0 Å². The Morgan fingerprint density at radius 2 is 1.23 bits per heavy atom. The maximum atomic E-state index is 12.6. The molecule has 0 radical (unpaired) electrons. The first kappa shape index (κ1) is 34.2. The van der Waals surface area contributed by atoms with E-state index in [2.05, 4.69) is 16.0 Å². The highest BCUT2D eigenvalue weighted by molar-refractivity contribution is 5.84. The standard InChI is InChI=1S/C24H37N3O13/c1-12(28)35-11-16-20(36-13(2)29)21(37-14(3)30)22(38-15(4)31)23(39-16)27-18(33)9-25-8-17(32)26-10-19(34)40-24(5,6)7/h16,20-23,25H,8-11H2,1-7H3,(H,26,32)(H,27,33)/t16-,20-,21+,22-,23-/m1/s1. The molecule has 0 bridgehead atoms. The number of rotatable bonds is 12. The van der Waals surface area contributed by atoms with Crippen molar-refractivity contribution in [2.75, 3.05) is 26.2 Å². The SMILES string of the molecule is CC(=O)OC[C@H]1O[C@@H](NC(=O)CNCC(=O)NCC(=O)OC(C)(C)C)[C@H](OC(C)=O)[C@@H](OC(C)=O)[C@@H]1OC(C)=O. The van der Waals surface area contributed by atoms with Gasteiger partial charge in [-0.15, -0.1) is 0 Å². The van der Waals surface area contributed by atoms with E-state index in [0.717, 1.165) is 27.7 Å². The molecule has 1 heterocycles. The fourth-order valence-electron chi connectivity index (χ4n) is 3.45. The average Bonchev–Trinajstić information content (AvgIpc) is 2.78. The molecule has 1 aliphatic rings. The van der Waals surface area contributed by atoms with Gasteiger partial charge >= 0.3 is 29.8 Å². The summed E-state index contributed by atoms with van der Waals surface area (Å²) < 4.78 is 31.6. The zero-order valence-corrected chi connectivity index (χ0v) is 23.5. The van der Waals surface area contributed by atoms with E-state index >= 15 is 0 Å². The summed E-state index contributed by atoms with van der Waals surface area (Å²) in [6.07, 6.45) is -6.97. The van der Waals surface area contributed by atoms with Crippen LogP contribution in [-0.2, 0) is 62.0 Å². The summed E-state index contributed by atoms with van der Waals surface area (Å²) >= 11 is 0. The predicted octanol–water partition coefficient (Wildman–Crippen LogP) is -1.77. The molecule has 0 aliphatic carbocycles. The van der Waals surface area contributed by atoms with Crippen LogP contribution in [0.2, 0.25) is 0 Å². The molecule has 0 aromatic heterocycles. The van der Waals surface area contributed by atoms with Crippen LogP contribution in [0.5, 0.6) is 0 Å². The van der Waals surface area contributed by atoms with Gasteiger partial charge < -0.3 is 39.1 Å². The van der Waals surface area contributed by atoms with Crippen molar-refractivity contribution in [1.29, 1.82) is 0 Å². The van der Waals surface area contributed by atoms with Crippen LogP contribution in [0.1, 0.15) is 48.5 Å². The lowest BCUT2D eigenvalue weighted by Crippen LogP contribution is -2.66. The van der Waals surface area contributed by atoms with E-state index in [9.17, 15) is 33.6 Å². The number of hydrogen-bond donors (Lipinski definition) is 3. The molecule has 1 aliphatic heterocycles. The van der Waals surface area contributed by atoms with Crippen molar-refractivity contribution in [3.8, 4) is 0 Å². The van der Waals surface area contributed by atoms with E-state index < -0.39 is 91.1 Å².